The van der Waals surface area contributed by atoms with Gasteiger partial charge in [0.2, 0.25) is 0 Å². The van der Waals surface area contributed by atoms with Crippen molar-refractivity contribution in [2.24, 2.45) is 0 Å². The molecule has 0 saturated carbocycles. The van der Waals surface area contributed by atoms with Gasteiger partial charge in [-0.15, -0.1) is 0 Å². The zero-order chi connectivity index (χ0) is 14.4. The highest BCUT2D eigenvalue weighted by Crippen LogP contribution is 2.22. The smallest absolute Gasteiger partial charge is 0.170 e. The van der Waals surface area contributed by atoms with E-state index in [9.17, 15) is 4.39 Å². The van der Waals surface area contributed by atoms with Crippen LogP contribution >= 0.6 is 0 Å². The van der Waals surface area contributed by atoms with Crippen LogP contribution in [0, 0.1) is 5.82 Å². The van der Waals surface area contributed by atoms with E-state index in [2.05, 4.69) is 5.32 Å². The Morgan fingerprint density at radius 3 is 2.70 bits per heavy atom. The van der Waals surface area contributed by atoms with Crippen molar-refractivity contribution in [2.75, 3.05) is 19.0 Å². The van der Waals surface area contributed by atoms with E-state index in [1.54, 1.807) is 18.2 Å². The van der Waals surface area contributed by atoms with Crippen molar-refractivity contribution in [3.8, 4) is 11.5 Å². The van der Waals surface area contributed by atoms with E-state index < -0.39 is 0 Å². The first-order valence-corrected chi connectivity index (χ1v) is 6.52. The number of methoxy groups -OCH3 is 1. The molecule has 0 spiro atoms. The van der Waals surface area contributed by atoms with Crippen LogP contribution in [0.2, 0.25) is 0 Å². The van der Waals surface area contributed by atoms with Crippen LogP contribution in [0.3, 0.4) is 0 Å². The minimum absolute atomic E-state index is 0.257. The highest BCUT2D eigenvalue weighted by atomic mass is 19.1. The van der Waals surface area contributed by atoms with Gasteiger partial charge in [0.05, 0.1) is 13.7 Å². The highest BCUT2D eigenvalue weighted by Gasteiger charge is 2.07. The number of benzene rings is 2. The molecule has 0 saturated heterocycles. The van der Waals surface area contributed by atoms with Crippen LogP contribution in [0.15, 0.2) is 42.5 Å². The molecule has 2 aromatic rings. The molecule has 1 N–H and O–H groups in total. The Morgan fingerprint density at radius 1 is 1.15 bits per heavy atom. The van der Waals surface area contributed by atoms with Gasteiger partial charge in [0.25, 0.3) is 0 Å². The Kier molecular flexibility index (Phi) is 4.82. The summed E-state index contributed by atoms with van der Waals surface area (Å²) in [5.41, 5.74) is 1.45. The van der Waals surface area contributed by atoms with E-state index in [-0.39, 0.29) is 11.6 Å². The standard InChI is InChI=1S/C16H18FNO2/c1-3-20-14-8-5-7-13(10-14)18-11-12-6-4-9-15(19-2)16(12)17/h4-10,18H,3,11H2,1-2H3. The van der Waals surface area contributed by atoms with E-state index in [0.29, 0.717) is 18.7 Å². The first kappa shape index (κ1) is 14.2. The molecule has 3 nitrogen and oxygen atoms in total. The first-order chi connectivity index (χ1) is 9.74. The predicted molar refractivity (Wildman–Crippen MR) is 77.9 cm³/mol. The Bertz CT molecular complexity index is 572. The summed E-state index contributed by atoms with van der Waals surface area (Å²) < 4.78 is 24.4. The third kappa shape index (κ3) is 3.41. The van der Waals surface area contributed by atoms with Crippen molar-refractivity contribution in [1.82, 2.24) is 0 Å². The van der Waals surface area contributed by atoms with Gasteiger partial charge >= 0.3 is 0 Å². The molecule has 2 aromatic carbocycles. The maximum Gasteiger partial charge on any atom is 0.170 e. The molecule has 4 heteroatoms. The average Bonchev–Trinajstić information content (AvgIpc) is 2.47. The molecule has 2 rings (SSSR count). The lowest BCUT2D eigenvalue weighted by atomic mass is 10.2. The summed E-state index contributed by atoms with van der Waals surface area (Å²) in [4.78, 5) is 0. The van der Waals surface area contributed by atoms with Crippen LogP contribution in [0.4, 0.5) is 10.1 Å². The Hall–Kier alpha value is -2.23. The lowest BCUT2D eigenvalue weighted by Gasteiger charge is -2.11. The summed E-state index contributed by atoms with van der Waals surface area (Å²) in [6.07, 6.45) is 0. The molecule has 0 unspecified atom stereocenters. The maximum atomic E-state index is 14.0. The molecule has 0 aromatic heterocycles. The van der Waals surface area contributed by atoms with Gasteiger partial charge in [0.15, 0.2) is 11.6 Å². The number of anilines is 1. The number of hydrogen-bond donors (Lipinski definition) is 1. The molecule has 20 heavy (non-hydrogen) atoms. The fourth-order valence-corrected chi connectivity index (χ4v) is 1.91. The van der Waals surface area contributed by atoms with Gasteiger partial charge in [-0.2, -0.15) is 0 Å². The van der Waals surface area contributed by atoms with Crippen LogP contribution in [0.1, 0.15) is 12.5 Å². The van der Waals surface area contributed by atoms with Crippen LogP contribution in [0.25, 0.3) is 0 Å². The minimum atomic E-state index is -0.330. The molecule has 0 aliphatic heterocycles. The third-order valence-corrected chi connectivity index (χ3v) is 2.89. The van der Waals surface area contributed by atoms with Gasteiger partial charge in [-0.25, -0.2) is 4.39 Å². The van der Waals surface area contributed by atoms with Gasteiger partial charge < -0.3 is 14.8 Å². The summed E-state index contributed by atoms with van der Waals surface area (Å²) in [6, 6.07) is 12.7. The van der Waals surface area contributed by atoms with Gasteiger partial charge in [-0.1, -0.05) is 18.2 Å². The Balaban J connectivity index is 2.07. The number of rotatable bonds is 6. The summed E-state index contributed by atoms with van der Waals surface area (Å²) in [5.74, 6) is 0.722. The zero-order valence-corrected chi connectivity index (χ0v) is 11.7. The monoisotopic (exact) mass is 275 g/mol. The van der Waals surface area contributed by atoms with Gasteiger partial charge in [-0.3, -0.25) is 0 Å². The molecular weight excluding hydrogens is 257 g/mol. The van der Waals surface area contributed by atoms with Crippen molar-refractivity contribution in [2.45, 2.75) is 13.5 Å². The molecule has 0 heterocycles. The predicted octanol–water partition coefficient (Wildman–Crippen LogP) is 3.85. The van der Waals surface area contributed by atoms with Crippen LogP contribution < -0.4 is 14.8 Å². The fourth-order valence-electron chi connectivity index (χ4n) is 1.91. The normalized spacial score (nSPS) is 10.2. The maximum absolute atomic E-state index is 14.0. The molecule has 0 atom stereocenters. The number of halogens is 1. The molecule has 0 aliphatic carbocycles. The second-order valence-corrected chi connectivity index (χ2v) is 4.25. The van der Waals surface area contributed by atoms with E-state index in [1.165, 1.54) is 7.11 Å². The van der Waals surface area contributed by atoms with Crippen molar-refractivity contribution in [3.63, 3.8) is 0 Å². The topological polar surface area (TPSA) is 30.5 Å². The lowest BCUT2D eigenvalue weighted by Crippen LogP contribution is -2.03. The minimum Gasteiger partial charge on any atom is -0.494 e. The van der Waals surface area contributed by atoms with Gasteiger partial charge in [0, 0.05) is 23.9 Å². The summed E-state index contributed by atoms with van der Waals surface area (Å²) >= 11 is 0. The SMILES string of the molecule is CCOc1cccc(NCc2cccc(OC)c2F)c1. The zero-order valence-electron chi connectivity index (χ0n) is 11.7. The van der Waals surface area contributed by atoms with Crippen molar-refractivity contribution >= 4 is 5.69 Å². The van der Waals surface area contributed by atoms with Crippen molar-refractivity contribution in [3.05, 3.63) is 53.8 Å². The molecule has 0 amide bonds. The third-order valence-electron chi connectivity index (χ3n) is 2.89. The van der Waals surface area contributed by atoms with Crippen molar-refractivity contribution in [1.29, 1.82) is 0 Å². The number of ether oxygens (including phenoxy) is 2. The fraction of sp³-hybridized carbons (Fsp3) is 0.250. The van der Waals surface area contributed by atoms with E-state index in [4.69, 9.17) is 9.47 Å². The second-order valence-electron chi connectivity index (χ2n) is 4.25. The van der Waals surface area contributed by atoms with E-state index >= 15 is 0 Å². The van der Waals surface area contributed by atoms with Crippen LogP contribution in [-0.4, -0.2) is 13.7 Å². The van der Waals surface area contributed by atoms with Crippen molar-refractivity contribution < 1.29 is 13.9 Å². The highest BCUT2D eigenvalue weighted by molar-refractivity contribution is 5.49. The molecule has 0 radical (unpaired) electrons. The number of hydrogen-bond acceptors (Lipinski definition) is 3. The average molecular weight is 275 g/mol. The molecule has 0 bridgehead atoms. The Labute approximate surface area is 118 Å². The van der Waals surface area contributed by atoms with Gasteiger partial charge in [-0.05, 0) is 25.1 Å². The lowest BCUT2D eigenvalue weighted by molar-refractivity contribution is 0.340. The summed E-state index contributed by atoms with van der Waals surface area (Å²) in [5, 5.41) is 3.18. The molecular formula is C16H18FNO2. The largest absolute Gasteiger partial charge is 0.494 e. The molecule has 106 valence electrons. The second kappa shape index (κ2) is 6.80. The summed E-state index contributed by atoms with van der Waals surface area (Å²) in [6.45, 7) is 2.94. The number of nitrogens with one attached hydrogen (secondary N) is 1. The Morgan fingerprint density at radius 2 is 1.95 bits per heavy atom. The van der Waals surface area contributed by atoms with Gasteiger partial charge in [0.1, 0.15) is 5.75 Å². The van der Waals surface area contributed by atoms with E-state index in [1.807, 2.05) is 31.2 Å². The molecule has 0 aliphatic rings. The van der Waals surface area contributed by atoms with E-state index in [0.717, 1.165) is 11.4 Å². The van der Waals surface area contributed by atoms with Crippen LogP contribution in [0.5, 0.6) is 11.5 Å². The first-order valence-electron chi connectivity index (χ1n) is 6.52. The summed E-state index contributed by atoms with van der Waals surface area (Å²) in [7, 11) is 1.46. The molecule has 0 fully saturated rings. The van der Waals surface area contributed by atoms with Crippen LogP contribution in [-0.2, 0) is 6.54 Å². The quantitative estimate of drug-likeness (QED) is 0.868.